The van der Waals surface area contributed by atoms with Gasteiger partial charge in [0.1, 0.15) is 5.75 Å². The number of anilines is 2. The van der Waals surface area contributed by atoms with E-state index in [-0.39, 0.29) is 5.91 Å². The molecule has 7 heteroatoms. The summed E-state index contributed by atoms with van der Waals surface area (Å²) in [5, 5.41) is 2.73. The first-order valence-corrected chi connectivity index (χ1v) is 10.0. The van der Waals surface area contributed by atoms with Crippen LogP contribution in [0.3, 0.4) is 0 Å². The molecule has 0 saturated carbocycles. The number of rotatable bonds is 5. The van der Waals surface area contributed by atoms with Crippen molar-refractivity contribution in [3.63, 3.8) is 0 Å². The van der Waals surface area contributed by atoms with Crippen molar-refractivity contribution < 1.29 is 17.9 Å². The molecule has 1 heterocycles. The zero-order valence-corrected chi connectivity index (χ0v) is 15.4. The Morgan fingerprint density at radius 1 is 1.19 bits per heavy atom. The molecule has 1 aliphatic rings. The van der Waals surface area contributed by atoms with Gasteiger partial charge in [-0.2, -0.15) is 0 Å². The number of amides is 1. The van der Waals surface area contributed by atoms with Crippen LogP contribution in [0.2, 0.25) is 0 Å². The number of benzene rings is 2. The van der Waals surface area contributed by atoms with Crippen molar-refractivity contribution >= 4 is 33.4 Å². The Kier molecular flexibility index (Phi) is 4.99. The maximum absolute atomic E-state index is 12.1. The van der Waals surface area contributed by atoms with Gasteiger partial charge in [-0.15, -0.1) is 0 Å². The van der Waals surface area contributed by atoms with Crippen LogP contribution in [0.5, 0.6) is 5.75 Å². The largest absolute Gasteiger partial charge is 0.493 e. The average molecular weight is 372 g/mol. The molecule has 0 unspecified atom stereocenters. The number of hydrogen-bond donors (Lipinski definition) is 2. The molecular formula is C19H20N2O4S. The molecule has 2 N–H and O–H groups in total. The SMILES string of the molecule is Cc1ccc(NC(=O)/C=C/c2ccc3c(c2)CCO3)cc1NS(C)(=O)=O. The number of nitrogens with one attached hydrogen (secondary N) is 2. The van der Waals surface area contributed by atoms with Crippen LogP contribution in [0.25, 0.3) is 6.08 Å². The fourth-order valence-corrected chi connectivity index (χ4v) is 3.29. The molecule has 0 saturated heterocycles. The van der Waals surface area contributed by atoms with Gasteiger partial charge in [-0.3, -0.25) is 9.52 Å². The number of carbonyl (C=O) groups is 1. The number of ether oxygens (including phenoxy) is 1. The Labute approximate surface area is 152 Å². The van der Waals surface area contributed by atoms with Gasteiger partial charge >= 0.3 is 0 Å². The lowest BCUT2D eigenvalue weighted by Gasteiger charge is -2.10. The Morgan fingerprint density at radius 2 is 2.00 bits per heavy atom. The first-order chi connectivity index (χ1) is 12.3. The van der Waals surface area contributed by atoms with E-state index in [0.29, 0.717) is 18.0 Å². The lowest BCUT2D eigenvalue weighted by atomic mass is 10.1. The lowest BCUT2D eigenvalue weighted by molar-refractivity contribution is -0.111. The van der Waals surface area contributed by atoms with Gasteiger partial charge < -0.3 is 10.1 Å². The summed E-state index contributed by atoms with van der Waals surface area (Å²) in [7, 11) is -3.38. The maximum Gasteiger partial charge on any atom is 0.248 e. The normalized spacial score (nSPS) is 13.3. The van der Waals surface area contributed by atoms with E-state index in [4.69, 9.17) is 4.74 Å². The molecule has 3 rings (SSSR count). The number of fused-ring (bicyclic) bond motifs is 1. The highest BCUT2D eigenvalue weighted by Crippen LogP contribution is 2.26. The molecule has 0 bridgehead atoms. The molecule has 136 valence electrons. The summed E-state index contributed by atoms with van der Waals surface area (Å²) >= 11 is 0. The quantitative estimate of drug-likeness (QED) is 0.791. The van der Waals surface area contributed by atoms with Gasteiger partial charge in [0.15, 0.2) is 0 Å². The second-order valence-electron chi connectivity index (χ2n) is 6.19. The van der Waals surface area contributed by atoms with Crippen LogP contribution in [0.15, 0.2) is 42.5 Å². The van der Waals surface area contributed by atoms with Gasteiger partial charge in [-0.25, -0.2) is 8.42 Å². The highest BCUT2D eigenvalue weighted by molar-refractivity contribution is 7.92. The van der Waals surface area contributed by atoms with Crippen LogP contribution in [-0.4, -0.2) is 27.2 Å². The molecule has 6 nitrogen and oxygen atoms in total. The molecule has 2 aromatic carbocycles. The van der Waals surface area contributed by atoms with E-state index in [1.165, 1.54) is 6.08 Å². The van der Waals surface area contributed by atoms with Gasteiger partial charge in [0, 0.05) is 18.2 Å². The molecule has 0 spiro atoms. The number of aryl methyl sites for hydroxylation is 1. The van der Waals surface area contributed by atoms with Crippen molar-refractivity contribution in [2.75, 3.05) is 22.9 Å². The van der Waals surface area contributed by atoms with Crippen LogP contribution < -0.4 is 14.8 Å². The van der Waals surface area contributed by atoms with E-state index in [1.54, 1.807) is 31.2 Å². The number of sulfonamides is 1. The second kappa shape index (κ2) is 7.21. The van der Waals surface area contributed by atoms with Crippen molar-refractivity contribution in [1.29, 1.82) is 0 Å². The van der Waals surface area contributed by atoms with Crippen molar-refractivity contribution in [1.82, 2.24) is 0 Å². The molecule has 1 amide bonds. The molecular weight excluding hydrogens is 352 g/mol. The number of hydrogen-bond acceptors (Lipinski definition) is 4. The van der Waals surface area contributed by atoms with Gasteiger partial charge in [-0.05, 0) is 54.0 Å². The molecule has 0 aromatic heterocycles. The van der Waals surface area contributed by atoms with E-state index in [2.05, 4.69) is 10.0 Å². The van der Waals surface area contributed by atoms with Gasteiger partial charge in [0.05, 0.1) is 18.6 Å². The minimum atomic E-state index is -3.38. The third-order valence-electron chi connectivity index (χ3n) is 3.94. The maximum atomic E-state index is 12.1. The Morgan fingerprint density at radius 3 is 2.77 bits per heavy atom. The van der Waals surface area contributed by atoms with Crippen molar-refractivity contribution in [2.45, 2.75) is 13.3 Å². The van der Waals surface area contributed by atoms with Crippen molar-refractivity contribution in [3.8, 4) is 5.75 Å². The standard InChI is InChI=1S/C19H20N2O4S/c1-13-3-6-16(12-17(13)21-26(2,23)24)20-19(22)8-5-14-4-7-18-15(11-14)9-10-25-18/h3-8,11-12,21H,9-10H2,1-2H3,(H,20,22)/b8-5+. The van der Waals surface area contributed by atoms with Gasteiger partial charge in [0.2, 0.25) is 15.9 Å². The molecule has 0 atom stereocenters. The van der Waals surface area contributed by atoms with E-state index >= 15 is 0 Å². The summed E-state index contributed by atoms with van der Waals surface area (Å²) in [6.45, 7) is 2.48. The van der Waals surface area contributed by atoms with Crippen LogP contribution in [0, 0.1) is 6.92 Å². The lowest BCUT2D eigenvalue weighted by Crippen LogP contribution is -2.12. The molecule has 2 aromatic rings. The van der Waals surface area contributed by atoms with Crippen LogP contribution in [0.4, 0.5) is 11.4 Å². The van der Waals surface area contributed by atoms with Gasteiger partial charge in [0.25, 0.3) is 0 Å². The van der Waals surface area contributed by atoms with E-state index in [0.717, 1.165) is 35.1 Å². The first-order valence-electron chi connectivity index (χ1n) is 8.13. The van der Waals surface area contributed by atoms with Crippen molar-refractivity contribution in [3.05, 3.63) is 59.2 Å². The Hall–Kier alpha value is -2.80. The summed E-state index contributed by atoms with van der Waals surface area (Å²) in [5.41, 5.74) is 3.78. The summed E-state index contributed by atoms with van der Waals surface area (Å²) < 4.78 is 30.7. The van der Waals surface area contributed by atoms with E-state index in [9.17, 15) is 13.2 Å². The highest BCUT2D eigenvalue weighted by atomic mass is 32.2. The summed E-state index contributed by atoms with van der Waals surface area (Å²) in [6, 6.07) is 10.9. The minimum absolute atomic E-state index is 0.295. The summed E-state index contributed by atoms with van der Waals surface area (Å²) in [5.74, 6) is 0.605. The minimum Gasteiger partial charge on any atom is -0.493 e. The third kappa shape index (κ3) is 4.64. The van der Waals surface area contributed by atoms with E-state index < -0.39 is 10.0 Å². The highest BCUT2D eigenvalue weighted by Gasteiger charge is 2.11. The molecule has 0 radical (unpaired) electrons. The molecule has 26 heavy (non-hydrogen) atoms. The second-order valence-corrected chi connectivity index (χ2v) is 7.94. The summed E-state index contributed by atoms with van der Waals surface area (Å²) in [6.07, 6.45) is 5.14. The van der Waals surface area contributed by atoms with Crippen LogP contribution in [0.1, 0.15) is 16.7 Å². The molecule has 1 aliphatic heterocycles. The van der Waals surface area contributed by atoms with Crippen LogP contribution in [-0.2, 0) is 21.2 Å². The zero-order chi connectivity index (χ0) is 18.7. The topological polar surface area (TPSA) is 84.5 Å². The molecule has 0 aliphatic carbocycles. The fourth-order valence-electron chi connectivity index (χ4n) is 2.68. The zero-order valence-electron chi connectivity index (χ0n) is 14.6. The fraction of sp³-hybridized carbons (Fsp3) is 0.211. The molecule has 0 fully saturated rings. The van der Waals surface area contributed by atoms with Crippen molar-refractivity contribution in [2.24, 2.45) is 0 Å². The average Bonchev–Trinajstić information content (AvgIpc) is 3.02. The predicted octanol–water partition coefficient (Wildman–Crippen LogP) is 2.95. The van der Waals surface area contributed by atoms with E-state index in [1.807, 2.05) is 18.2 Å². The van der Waals surface area contributed by atoms with Crippen LogP contribution >= 0.6 is 0 Å². The van der Waals surface area contributed by atoms with Gasteiger partial charge in [-0.1, -0.05) is 12.1 Å². The smallest absolute Gasteiger partial charge is 0.248 e. The summed E-state index contributed by atoms with van der Waals surface area (Å²) in [4.78, 5) is 12.1. The predicted molar refractivity (Wildman–Crippen MR) is 103 cm³/mol. The number of carbonyl (C=O) groups excluding carboxylic acids is 1. The monoisotopic (exact) mass is 372 g/mol. The third-order valence-corrected chi connectivity index (χ3v) is 4.53. The first kappa shape index (κ1) is 18.0. The Balaban J connectivity index is 1.69. The Bertz CT molecular complexity index is 981.